The molecule has 0 unspecified atom stereocenters. The number of phenols is 2. The second kappa shape index (κ2) is 10.3. The van der Waals surface area contributed by atoms with Gasteiger partial charge < -0.3 is 10.2 Å². The summed E-state index contributed by atoms with van der Waals surface area (Å²) < 4.78 is 0. The van der Waals surface area contributed by atoms with Crippen LogP contribution in [0.5, 0.6) is 11.5 Å². The first-order chi connectivity index (χ1) is 12.5. The van der Waals surface area contributed by atoms with E-state index in [1.165, 1.54) is 0 Å². The van der Waals surface area contributed by atoms with Crippen LogP contribution in [-0.2, 0) is 0 Å². The molecule has 2 nitrogen and oxygen atoms in total. The summed E-state index contributed by atoms with van der Waals surface area (Å²) in [5, 5.41) is 19.3. The van der Waals surface area contributed by atoms with E-state index in [0.717, 1.165) is 33.4 Å². The lowest BCUT2D eigenvalue weighted by molar-refractivity contribution is 0.471. The fourth-order valence-electron chi connectivity index (χ4n) is 2.55. The molecule has 0 aliphatic heterocycles. The average molecular weight is 351 g/mol. The van der Waals surface area contributed by atoms with E-state index in [-0.39, 0.29) is 0 Å². The molecule has 0 spiro atoms. The van der Waals surface area contributed by atoms with Crippen LogP contribution in [0.3, 0.4) is 0 Å². The molecule has 138 valence electrons. The van der Waals surface area contributed by atoms with E-state index >= 15 is 0 Å². The van der Waals surface area contributed by atoms with Crippen molar-refractivity contribution >= 4 is 0 Å². The largest absolute Gasteiger partial charge is 0.508 e. The lowest BCUT2D eigenvalue weighted by Crippen LogP contribution is -1.84. The molecule has 0 heterocycles. The highest BCUT2D eigenvalue weighted by molar-refractivity contribution is 5.74. The highest BCUT2D eigenvalue weighted by atomic mass is 16.3. The Labute approximate surface area is 157 Å². The Kier molecular flexibility index (Phi) is 8.44. The Hall–Kier alpha value is -2.74. The molecular weight excluding hydrogens is 320 g/mol. The standard InChI is InChI=1S/C20H18O2.2C2H6/c1-13-10-17(6-8-19(13)21)15-4-3-5-16(12-15)18-7-9-20(22)14(2)11-18;2*1-2/h3-12,21-22H,1-2H3;2*1-2H3. The van der Waals surface area contributed by atoms with Crippen LogP contribution < -0.4 is 0 Å². The number of hydrogen-bond donors (Lipinski definition) is 2. The Bertz CT molecular complexity index is 769. The van der Waals surface area contributed by atoms with Gasteiger partial charge in [-0.05, 0) is 77.6 Å². The van der Waals surface area contributed by atoms with Crippen molar-refractivity contribution in [3.05, 3.63) is 71.8 Å². The molecule has 2 N–H and O–H groups in total. The van der Waals surface area contributed by atoms with Crippen LogP contribution >= 0.6 is 0 Å². The minimum absolute atomic E-state index is 0.314. The Morgan fingerprint density at radius 2 is 0.846 bits per heavy atom. The van der Waals surface area contributed by atoms with Crippen LogP contribution in [0.1, 0.15) is 38.8 Å². The SMILES string of the molecule is CC.CC.Cc1cc(-c2cccc(-c3ccc(O)c(C)c3)c2)ccc1O. The maximum Gasteiger partial charge on any atom is 0.118 e. The van der Waals surface area contributed by atoms with Gasteiger partial charge in [0.15, 0.2) is 0 Å². The molecule has 0 amide bonds. The van der Waals surface area contributed by atoms with Crippen LogP contribution in [0.4, 0.5) is 0 Å². The van der Waals surface area contributed by atoms with Gasteiger partial charge in [0.1, 0.15) is 11.5 Å². The van der Waals surface area contributed by atoms with Gasteiger partial charge in [-0.15, -0.1) is 0 Å². The zero-order chi connectivity index (χ0) is 19.7. The normalized spacial score (nSPS) is 9.46. The zero-order valence-corrected chi connectivity index (χ0v) is 16.7. The summed E-state index contributed by atoms with van der Waals surface area (Å²) in [6.45, 7) is 11.8. The summed E-state index contributed by atoms with van der Waals surface area (Å²) in [6.07, 6.45) is 0. The van der Waals surface area contributed by atoms with Crippen LogP contribution in [0, 0.1) is 13.8 Å². The molecule has 0 aliphatic carbocycles. The molecule has 0 saturated carbocycles. The van der Waals surface area contributed by atoms with Gasteiger partial charge in [-0.3, -0.25) is 0 Å². The summed E-state index contributed by atoms with van der Waals surface area (Å²) in [5.41, 5.74) is 6.09. The van der Waals surface area contributed by atoms with E-state index in [9.17, 15) is 10.2 Å². The molecule has 0 aliphatic rings. The fraction of sp³-hybridized carbons (Fsp3) is 0.250. The molecule has 0 bridgehead atoms. The summed E-state index contributed by atoms with van der Waals surface area (Å²) >= 11 is 0. The molecule has 0 radical (unpaired) electrons. The Morgan fingerprint density at radius 3 is 1.19 bits per heavy atom. The molecular formula is C24H30O2. The van der Waals surface area contributed by atoms with Crippen LogP contribution in [0.25, 0.3) is 22.3 Å². The van der Waals surface area contributed by atoms with Crippen molar-refractivity contribution < 1.29 is 10.2 Å². The second-order valence-corrected chi connectivity index (χ2v) is 5.58. The maximum absolute atomic E-state index is 9.66. The summed E-state index contributed by atoms with van der Waals surface area (Å²) in [5.74, 6) is 0.628. The van der Waals surface area contributed by atoms with Crippen molar-refractivity contribution in [1.82, 2.24) is 0 Å². The lowest BCUT2D eigenvalue weighted by Gasteiger charge is -2.09. The zero-order valence-electron chi connectivity index (χ0n) is 16.7. The third-order valence-electron chi connectivity index (χ3n) is 3.92. The first-order valence-electron chi connectivity index (χ1n) is 9.24. The molecule has 2 heteroatoms. The number of rotatable bonds is 2. The molecule has 0 atom stereocenters. The minimum Gasteiger partial charge on any atom is -0.508 e. The van der Waals surface area contributed by atoms with Gasteiger partial charge in [0.2, 0.25) is 0 Å². The predicted molar refractivity (Wildman–Crippen MR) is 113 cm³/mol. The van der Waals surface area contributed by atoms with Crippen LogP contribution in [0.2, 0.25) is 0 Å². The Morgan fingerprint density at radius 1 is 0.500 bits per heavy atom. The van der Waals surface area contributed by atoms with E-state index in [1.807, 2.05) is 71.9 Å². The minimum atomic E-state index is 0.314. The van der Waals surface area contributed by atoms with E-state index in [1.54, 1.807) is 12.1 Å². The monoisotopic (exact) mass is 350 g/mol. The van der Waals surface area contributed by atoms with Crippen molar-refractivity contribution in [3.63, 3.8) is 0 Å². The summed E-state index contributed by atoms with van der Waals surface area (Å²) in [4.78, 5) is 0. The van der Waals surface area contributed by atoms with Gasteiger partial charge in [0.05, 0.1) is 0 Å². The maximum atomic E-state index is 9.66. The van der Waals surface area contributed by atoms with Crippen LogP contribution in [0.15, 0.2) is 60.7 Å². The van der Waals surface area contributed by atoms with Gasteiger partial charge in [0, 0.05) is 0 Å². The van der Waals surface area contributed by atoms with Crippen molar-refractivity contribution in [2.75, 3.05) is 0 Å². The second-order valence-electron chi connectivity index (χ2n) is 5.58. The highest BCUT2D eigenvalue weighted by Crippen LogP contribution is 2.30. The quantitative estimate of drug-likeness (QED) is 0.517. The fourth-order valence-corrected chi connectivity index (χ4v) is 2.55. The van der Waals surface area contributed by atoms with Crippen LogP contribution in [-0.4, -0.2) is 10.2 Å². The van der Waals surface area contributed by atoms with Crippen molar-refractivity contribution in [1.29, 1.82) is 0 Å². The smallest absolute Gasteiger partial charge is 0.118 e. The molecule has 3 aromatic carbocycles. The lowest BCUT2D eigenvalue weighted by atomic mass is 9.97. The first-order valence-corrected chi connectivity index (χ1v) is 9.24. The number of hydrogen-bond acceptors (Lipinski definition) is 2. The third kappa shape index (κ3) is 5.13. The average Bonchev–Trinajstić information content (AvgIpc) is 2.69. The molecule has 26 heavy (non-hydrogen) atoms. The Balaban J connectivity index is 0.000000791. The molecule has 0 fully saturated rings. The molecule has 0 aromatic heterocycles. The van der Waals surface area contributed by atoms with E-state index in [0.29, 0.717) is 11.5 Å². The topological polar surface area (TPSA) is 40.5 Å². The summed E-state index contributed by atoms with van der Waals surface area (Å²) in [6, 6.07) is 19.5. The van der Waals surface area contributed by atoms with Gasteiger partial charge in [-0.2, -0.15) is 0 Å². The summed E-state index contributed by atoms with van der Waals surface area (Å²) in [7, 11) is 0. The van der Waals surface area contributed by atoms with Crippen molar-refractivity contribution in [2.45, 2.75) is 41.5 Å². The molecule has 3 aromatic rings. The number of phenolic OH excluding ortho intramolecular Hbond substituents is 2. The van der Waals surface area contributed by atoms with Gasteiger partial charge in [0.25, 0.3) is 0 Å². The van der Waals surface area contributed by atoms with E-state index < -0.39 is 0 Å². The predicted octanol–water partition coefficient (Wildman–Crippen LogP) is 7.10. The molecule has 3 rings (SSSR count). The van der Waals surface area contributed by atoms with Crippen molar-refractivity contribution in [2.24, 2.45) is 0 Å². The number of benzene rings is 3. The van der Waals surface area contributed by atoms with Gasteiger partial charge >= 0.3 is 0 Å². The van der Waals surface area contributed by atoms with Gasteiger partial charge in [-0.25, -0.2) is 0 Å². The van der Waals surface area contributed by atoms with Crippen molar-refractivity contribution in [3.8, 4) is 33.8 Å². The van der Waals surface area contributed by atoms with E-state index in [4.69, 9.17) is 0 Å². The first kappa shape index (κ1) is 21.3. The number of aryl methyl sites for hydroxylation is 2. The molecule has 0 saturated heterocycles. The van der Waals surface area contributed by atoms with E-state index in [2.05, 4.69) is 18.2 Å². The highest BCUT2D eigenvalue weighted by Gasteiger charge is 2.05. The third-order valence-corrected chi connectivity index (χ3v) is 3.92. The van der Waals surface area contributed by atoms with Gasteiger partial charge in [-0.1, -0.05) is 58.0 Å². The number of aromatic hydroxyl groups is 2.